The normalized spacial score (nSPS) is 15.0. The molecule has 0 aliphatic carbocycles. The van der Waals surface area contributed by atoms with Crippen molar-refractivity contribution in [3.63, 3.8) is 0 Å². The van der Waals surface area contributed by atoms with Gasteiger partial charge in [0.05, 0.1) is 13.2 Å². The molecule has 6 nitrogen and oxygen atoms in total. The van der Waals surface area contributed by atoms with Crippen LogP contribution in [-0.2, 0) is 16.1 Å². The molecule has 0 atom stereocenters. The third-order valence-electron chi connectivity index (χ3n) is 3.58. The maximum absolute atomic E-state index is 12.3. The number of pyridine rings is 1. The minimum atomic E-state index is -0.398. The second kappa shape index (κ2) is 6.55. The Kier molecular flexibility index (Phi) is 4.76. The highest BCUT2D eigenvalue weighted by Gasteiger charge is 2.20. The van der Waals surface area contributed by atoms with Gasteiger partial charge in [0.25, 0.3) is 5.56 Å². The van der Waals surface area contributed by atoms with Crippen LogP contribution in [0.2, 0.25) is 0 Å². The van der Waals surface area contributed by atoms with Crippen molar-refractivity contribution in [3.8, 4) is 6.07 Å². The van der Waals surface area contributed by atoms with E-state index in [1.165, 1.54) is 10.6 Å². The molecular formula is C15H19N3O3. The van der Waals surface area contributed by atoms with Crippen molar-refractivity contribution in [2.24, 2.45) is 0 Å². The van der Waals surface area contributed by atoms with Gasteiger partial charge in [0.1, 0.15) is 18.2 Å². The lowest BCUT2D eigenvalue weighted by Gasteiger charge is -2.27. The fourth-order valence-corrected chi connectivity index (χ4v) is 2.39. The number of ether oxygens (including phenoxy) is 1. The maximum atomic E-state index is 12.3. The molecule has 0 saturated carbocycles. The first-order valence-electron chi connectivity index (χ1n) is 7.04. The van der Waals surface area contributed by atoms with E-state index in [1.54, 1.807) is 11.0 Å². The lowest BCUT2D eigenvalue weighted by atomic mass is 10.1. The molecule has 1 amide bonds. The Bertz CT molecular complexity index is 622. The van der Waals surface area contributed by atoms with Crippen molar-refractivity contribution in [1.29, 1.82) is 5.26 Å². The van der Waals surface area contributed by atoms with E-state index in [4.69, 9.17) is 10.00 Å². The highest BCUT2D eigenvalue weighted by molar-refractivity contribution is 5.76. The number of nitriles is 1. The molecule has 0 spiro atoms. The van der Waals surface area contributed by atoms with E-state index < -0.39 is 5.56 Å². The first kappa shape index (κ1) is 15.3. The van der Waals surface area contributed by atoms with E-state index in [9.17, 15) is 9.59 Å². The molecule has 2 heterocycles. The van der Waals surface area contributed by atoms with Crippen LogP contribution in [0.15, 0.2) is 16.9 Å². The summed E-state index contributed by atoms with van der Waals surface area (Å²) in [5, 5.41) is 8.98. The zero-order valence-electron chi connectivity index (χ0n) is 12.3. The van der Waals surface area contributed by atoms with Crippen LogP contribution in [0.25, 0.3) is 0 Å². The van der Waals surface area contributed by atoms with E-state index in [0.29, 0.717) is 26.3 Å². The monoisotopic (exact) mass is 289 g/mol. The third-order valence-corrected chi connectivity index (χ3v) is 3.58. The van der Waals surface area contributed by atoms with Crippen LogP contribution in [0.5, 0.6) is 0 Å². The van der Waals surface area contributed by atoms with Gasteiger partial charge < -0.3 is 14.2 Å². The molecular weight excluding hydrogens is 270 g/mol. The number of amides is 1. The quantitative estimate of drug-likeness (QED) is 0.821. The summed E-state index contributed by atoms with van der Waals surface area (Å²) in [5.41, 5.74) is 0.431. The molecule has 0 N–H and O–H groups in total. The molecule has 1 aromatic heterocycles. The highest BCUT2D eigenvalue weighted by Crippen LogP contribution is 2.13. The number of nitrogens with zero attached hydrogens (tertiary/aromatic N) is 3. The number of morpholine rings is 1. The predicted molar refractivity (Wildman–Crippen MR) is 76.9 cm³/mol. The van der Waals surface area contributed by atoms with Crippen LogP contribution in [0.1, 0.15) is 31.0 Å². The molecule has 1 aliphatic rings. The molecule has 0 unspecified atom stereocenters. The van der Waals surface area contributed by atoms with E-state index in [0.717, 1.165) is 5.69 Å². The summed E-state index contributed by atoms with van der Waals surface area (Å²) in [6.07, 6.45) is 0. The summed E-state index contributed by atoms with van der Waals surface area (Å²) in [5.74, 6) is -0.0136. The minimum absolute atomic E-state index is 0.0259. The predicted octanol–water partition coefficient (Wildman–Crippen LogP) is 0.702. The molecule has 1 aromatic rings. The van der Waals surface area contributed by atoms with Gasteiger partial charge in [0.2, 0.25) is 5.91 Å². The van der Waals surface area contributed by atoms with E-state index in [2.05, 4.69) is 0 Å². The SMILES string of the molecule is CC(C)c1ccc(C#N)c(=O)n1CC(=O)N1CCOCC1. The molecule has 1 fully saturated rings. The van der Waals surface area contributed by atoms with E-state index in [-0.39, 0.29) is 23.9 Å². The molecule has 1 saturated heterocycles. The fraction of sp³-hybridized carbons (Fsp3) is 0.533. The molecule has 0 aromatic carbocycles. The number of carbonyl (C=O) groups is 1. The van der Waals surface area contributed by atoms with Gasteiger partial charge in [-0.05, 0) is 18.1 Å². The summed E-state index contributed by atoms with van der Waals surface area (Å²) in [7, 11) is 0. The van der Waals surface area contributed by atoms with Crippen LogP contribution in [0.4, 0.5) is 0 Å². The Morgan fingerprint density at radius 3 is 2.62 bits per heavy atom. The van der Waals surface area contributed by atoms with E-state index >= 15 is 0 Å². The number of hydrogen-bond donors (Lipinski definition) is 0. The van der Waals surface area contributed by atoms with Crippen LogP contribution in [0.3, 0.4) is 0 Å². The lowest BCUT2D eigenvalue weighted by Crippen LogP contribution is -2.44. The van der Waals surface area contributed by atoms with Crippen molar-refractivity contribution in [2.45, 2.75) is 26.3 Å². The van der Waals surface area contributed by atoms with E-state index in [1.807, 2.05) is 19.9 Å². The third kappa shape index (κ3) is 3.31. The summed E-state index contributed by atoms with van der Waals surface area (Å²) in [6, 6.07) is 5.14. The zero-order valence-corrected chi connectivity index (χ0v) is 12.3. The average molecular weight is 289 g/mol. The first-order chi connectivity index (χ1) is 10.0. The van der Waals surface area contributed by atoms with Crippen molar-refractivity contribution < 1.29 is 9.53 Å². The number of carbonyl (C=O) groups excluding carboxylic acids is 1. The summed E-state index contributed by atoms with van der Waals surface area (Å²) < 4.78 is 6.63. The van der Waals surface area contributed by atoms with Crippen molar-refractivity contribution >= 4 is 5.91 Å². The van der Waals surface area contributed by atoms with Crippen LogP contribution in [-0.4, -0.2) is 41.7 Å². The largest absolute Gasteiger partial charge is 0.378 e. The van der Waals surface area contributed by atoms with Crippen LogP contribution < -0.4 is 5.56 Å². The molecule has 112 valence electrons. The van der Waals surface area contributed by atoms with Crippen molar-refractivity contribution in [3.05, 3.63) is 33.7 Å². The Morgan fingerprint density at radius 2 is 2.05 bits per heavy atom. The van der Waals surface area contributed by atoms with Gasteiger partial charge in [-0.3, -0.25) is 9.59 Å². The molecule has 21 heavy (non-hydrogen) atoms. The second-order valence-electron chi connectivity index (χ2n) is 5.32. The topological polar surface area (TPSA) is 75.3 Å². The smallest absolute Gasteiger partial charge is 0.269 e. The van der Waals surface area contributed by atoms with Crippen LogP contribution >= 0.6 is 0 Å². The van der Waals surface area contributed by atoms with Gasteiger partial charge in [-0.25, -0.2) is 0 Å². The van der Waals surface area contributed by atoms with Crippen LogP contribution in [0, 0.1) is 11.3 Å². The van der Waals surface area contributed by atoms with Crippen molar-refractivity contribution in [1.82, 2.24) is 9.47 Å². The Labute approximate surface area is 123 Å². The number of hydrogen-bond acceptors (Lipinski definition) is 4. The van der Waals surface area contributed by atoms with Gasteiger partial charge in [-0.2, -0.15) is 5.26 Å². The van der Waals surface area contributed by atoms with Gasteiger partial charge >= 0.3 is 0 Å². The lowest BCUT2D eigenvalue weighted by molar-refractivity contribution is -0.136. The zero-order chi connectivity index (χ0) is 15.4. The summed E-state index contributed by atoms with van der Waals surface area (Å²) >= 11 is 0. The second-order valence-corrected chi connectivity index (χ2v) is 5.32. The number of rotatable bonds is 3. The van der Waals surface area contributed by atoms with Gasteiger partial charge in [-0.15, -0.1) is 0 Å². The molecule has 0 radical (unpaired) electrons. The first-order valence-corrected chi connectivity index (χ1v) is 7.04. The molecule has 6 heteroatoms. The molecule has 0 bridgehead atoms. The van der Waals surface area contributed by atoms with Gasteiger partial charge in [-0.1, -0.05) is 13.8 Å². The van der Waals surface area contributed by atoms with Gasteiger partial charge in [0.15, 0.2) is 0 Å². The average Bonchev–Trinajstić information content (AvgIpc) is 2.49. The minimum Gasteiger partial charge on any atom is -0.378 e. The standard InChI is InChI=1S/C15H19N3O3/c1-11(2)13-4-3-12(9-16)15(20)18(13)10-14(19)17-5-7-21-8-6-17/h3-4,11H,5-8,10H2,1-2H3. The number of aromatic nitrogens is 1. The molecule has 2 rings (SSSR count). The maximum Gasteiger partial charge on any atom is 0.269 e. The Hall–Kier alpha value is -2.13. The van der Waals surface area contributed by atoms with Crippen molar-refractivity contribution in [2.75, 3.05) is 26.3 Å². The fourth-order valence-electron chi connectivity index (χ4n) is 2.39. The molecule has 1 aliphatic heterocycles. The Morgan fingerprint density at radius 1 is 1.38 bits per heavy atom. The highest BCUT2D eigenvalue weighted by atomic mass is 16.5. The van der Waals surface area contributed by atoms with Gasteiger partial charge in [0, 0.05) is 18.8 Å². The summed E-state index contributed by atoms with van der Waals surface area (Å²) in [4.78, 5) is 26.3. The Balaban J connectivity index is 2.31. The summed E-state index contributed by atoms with van der Waals surface area (Å²) in [6.45, 7) is 6.02.